The van der Waals surface area contributed by atoms with Crippen molar-refractivity contribution in [2.24, 2.45) is 0 Å². The minimum Gasteiger partial charge on any atom is -0.467 e. The molecule has 2 atom stereocenters. The summed E-state index contributed by atoms with van der Waals surface area (Å²) in [7, 11) is 3.22. The number of likely N-dealkylation sites (N-methyl/N-ethyl adjacent to an activating group) is 2. The number of carbonyl (C=O) groups is 2. The SMILES string of the molecule is CN(Cc1ccco1)C(=O)[C@H]1OCC(=O)N(C)[C@@H]1c1cccc(F)c1. The highest BCUT2D eigenvalue weighted by molar-refractivity contribution is 5.86. The normalized spacial score (nSPS) is 20.6. The molecule has 1 aromatic carbocycles. The van der Waals surface area contributed by atoms with Crippen molar-refractivity contribution in [1.29, 1.82) is 0 Å². The maximum absolute atomic E-state index is 13.6. The van der Waals surface area contributed by atoms with Crippen LogP contribution in [0.3, 0.4) is 0 Å². The Bertz CT molecular complexity index is 762. The molecule has 0 N–H and O–H groups in total. The van der Waals surface area contributed by atoms with Gasteiger partial charge in [-0.1, -0.05) is 12.1 Å². The van der Waals surface area contributed by atoms with E-state index in [1.165, 1.54) is 28.2 Å². The maximum atomic E-state index is 13.6. The van der Waals surface area contributed by atoms with Crippen LogP contribution in [0.15, 0.2) is 47.1 Å². The van der Waals surface area contributed by atoms with E-state index in [1.54, 1.807) is 38.4 Å². The van der Waals surface area contributed by atoms with Crippen LogP contribution in [0.2, 0.25) is 0 Å². The largest absolute Gasteiger partial charge is 0.467 e. The fraction of sp³-hybridized carbons (Fsp3) is 0.333. The van der Waals surface area contributed by atoms with Gasteiger partial charge < -0.3 is 19.0 Å². The third-order valence-electron chi connectivity index (χ3n) is 4.27. The summed E-state index contributed by atoms with van der Waals surface area (Å²) < 4.78 is 24.4. The highest BCUT2D eigenvalue weighted by Crippen LogP contribution is 2.30. The molecule has 2 amide bonds. The molecular weight excluding hydrogens is 327 g/mol. The van der Waals surface area contributed by atoms with Gasteiger partial charge in [-0.2, -0.15) is 0 Å². The molecule has 1 saturated heterocycles. The number of ether oxygens (including phenoxy) is 1. The number of rotatable bonds is 4. The van der Waals surface area contributed by atoms with Crippen LogP contribution in [0.25, 0.3) is 0 Å². The summed E-state index contributed by atoms with van der Waals surface area (Å²) in [6, 6.07) is 8.68. The first-order valence-corrected chi connectivity index (χ1v) is 7.87. The predicted octanol–water partition coefficient (Wildman–Crippen LogP) is 1.98. The van der Waals surface area contributed by atoms with Crippen LogP contribution < -0.4 is 0 Å². The number of hydrogen-bond acceptors (Lipinski definition) is 4. The lowest BCUT2D eigenvalue weighted by Gasteiger charge is -2.39. The molecule has 1 aliphatic heterocycles. The first-order valence-electron chi connectivity index (χ1n) is 7.87. The Morgan fingerprint density at radius 2 is 2.16 bits per heavy atom. The average molecular weight is 346 g/mol. The van der Waals surface area contributed by atoms with Crippen LogP contribution in [-0.2, 0) is 20.9 Å². The maximum Gasteiger partial charge on any atom is 0.254 e. The van der Waals surface area contributed by atoms with E-state index >= 15 is 0 Å². The van der Waals surface area contributed by atoms with Gasteiger partial charge >= 0.3 is 0 Å². The lowest BCUT2D eigenvalue weighted by molar-refractivity contribution is -0.167. The third kappa shape index (κ3) is 3.56. The lowest BCUT2D eigenvalue weighted by Crippen LogP contribution is -2.53. The average Bonchev–Trinajstić information content (AvgIpc) is 3.09. The van der Waals surface area contributed by atoms with Gasteiger partial charge in [0.25, 0.3) is 5.91 Å². The van der Waals surface area contributed by atoms with Crippen LogP contribution in [0.4, 0.5) is 4.39 Å². The Labute approximate surface area is 144 Å². The second-order valence-corrected chi connectivity index (χ2v) is 6.01. The molecule has 25 heavy (non-hydrogen) atoms. The Kier molecular flexibility index (Phi) is 4.85. The number of morpholine rings is 1. The topological polar surface area (TPSA) is 63.0 Å². The van der Waals surface area contributed by atoms with E-state index in [4.69, 9.17) is 9.15 Å². The number of halogens is 1. The fourth-order valence-electron chi connectivity index (χ4n) is 2.94. The molecule has 0 spiro atoms. The predicted molar refractivity (Wildman–Crippen MR) is 86.8 cm³/mol. The summed E-state index contributed by atoms with van der Waals surface area (Å²) in [6.07, 6.45) is 0.622. The van der Waals surface area contributed by atoms with Crippen LogP contribution in [-0.4, -0.2) is 48.4 Å². The van der Waals surface area contributed by atoms with E-state index in [0.717, 1.165) is 0 Å². The van der Waals surface area contributed by atoms with Crippen molar-refractivity contribution in [2.75, 3.05) is 20.7 Å². The van der Waals surface area contributed by atoms with Crippen molar-refractivity contribution < 1.29 is 23.1 Å². The summed E-state index contributed by atoms with van der Waals surface area (Å²) in [5, 5.41) is 0. The monoisotopic (exact) mass is 346 g/mol. The molecule has 0 radical (unpaired) electrons. The Morgan fingerprint density at radius 1 is 1.36 bits per heavy atom. The molecule has 132 valence electrons. The van der Waals surface area contributed by atoms with Crippen LogP contribution >= 0.6 is 0 Å². The summed E-state index contributed by atoms with van der Waals surface area (Å²) in [5.74, 6) is -0.352. The van der Waals surface area contributed by atoms with Crippen LogP contribution in [0.5, 0.6) is 0 Å². The zero-order chi connectivity index (χ0) is 18.0. The van der Waals surface area contributed by atoms with Gasteiger partial charge in [0.15, 0.2) is 6.10 Å². The molecule has 2 aromatic rings. The van der Waals surface area contributed by atoms with Gasteiger partial charge in [-0.15, -0.1) is 0 Å². The summed E-state index contributed by atoms with van der Waals surface area (Å²) in [5.41, 5.74) is 0.514. The van der Waals surface area contributed by atoms with E-state index in [9.17, 15) is 14.0 Å². The molecular formula is C18H19FN2O4. The zero-order valence-corrected chi connectivity index (χ0v) is 14.0. The van der Waals surface area contributed by atoms with Crippen molar-refractivity contribution in [3.8, 4) is 0 Å². The molecule has 0 unspecified atom stereocenters. The minimum absolute atomic E-state index is 0.187. The number of nitrogens with zero attached hydrogens (tertiary/aromatic N) is 2. The molecule has 6 nitrogen and oxygen atoms in total. The fourth-order valence-corrected chi connectivity index (χ4v) is 2.94. The van der Waals surface area contributed by atoms with Gasteiger partial charge in [-0.05, 0) is 29.8 Å². The number of benzene rings is 1. The first-order chi connectivity index (χ1) is 12.0. The smallest absolute Gasteiger partial charge is 0.254 e. The third-order valence-corrected chi connectivity index (χ3v) is 4.27. The van der Waals surface area contributed by atoms with Gasteiger partial charge in [0.05, 0.1) is 18.8 Å². The lowest BCUT2D eigenvalue weighted by atomic mass is 9.97. The molecule has 1 aliphatic rings. The highest BCUT2D eigenvalue weighted by atomic mass is 19.1. The van der Waals surface area contributed by atoms with Crippen LogP contribution in [0.1, 0.15) is 17.4 Å². The van der Waals surface area contributed by atoms with Crippen molar-refractivity contribution >= 4 is 11.8 Å². The highest BCUT2D eigenvalue weighted by Gasteiger charge is 2.41. The number of furan rings is 1. The van der Waals surface area contributed by atoms with Gasteiger partial charge in [0, 0.05) is 14.1 Å². The first kappa shape index (κ1) is 17.2. The molecule has 1 fully saturated rings. The number of carbonyl (C=O) groups excluding carboxylic acids is 2. The quantitative estimate of drug-likeness (QED) is 0.849. The molecule has 7 heteroatoms. The number of amides is 2. The van der Waals surface area contributed by atoms with Gasteiger partial charge in [0.2, 0.25) is 5.91 Å². The van der Waals surface area contributed by atoms with E-state index in [0.29, 0.717) is 11.3 Å². The molecule has 0 bridgehead atoms. The Morgan fingerprint density at radius 3 is 2.84 bits per heavy atom. The molecule has 0 aliphatic carbocycles. The second kappa shape index (κ2) is 7.06. The van der Waals surface area contributed by atoms with E-state index in [-0.39, 0.29) is 25.0 Å². The Hall–Kier alpha value is -2.67. The van der Waals surface area contributed by atoms with Gasteiger partial charge in [-0.25, -0.2) is 4.39 Å². The summed E-state index contributed by atoms with van der Waals surface area (Å²) >= 11 is 0. The Balaban J connectivity index is 1.86. The van der Waals surface area contributed by atoms with E-state index < -0.39 is 18.0 Å². The summed E-state index contributed by atoms with van der Waals surface area (Å²) in [6.45, 7) is 0.0898. The van der Waals surface area contributed by atoms with Crippen molar-refractivity contribution in [3.63, 3.8) is 0 Å². The molecule has 0 saturated carbocycles. The van der Waals surface area contributed by atoms with Gasteiger partial charge in [0.1, 0.15) is 18.2 Å². The minimum atomic E-state index is -0.913. The van der Waals surface area contributed by atoms with Crippen molar-refractivity contribution in [2.45, 2.75) is 18.7 Å². The molecule has 2 heterocycles. The standard InChI is InChI=1S/C18H19FN2O4/c1-20(10-14-7-4-8-24-14)18(23)17-16(21(2)15(22)11-25-17)12-5-3-6-13(19)9-12/h3-9,16-17H,10-11H2,1-2H3/t16-,17+/m1/s1. The van der Waals surface area contributed by atoms with Crippen molar-refractivity contribution in [3.05, 3.63) is 59.8 Å². The van der Waals surface area contributed by atoms with Crippen LogP contribution in [0, 0.1) is 5.82 Å². The van der Waals surface area contributed by atoms with E-state index in [1.807, 2.05) is 0 Å². The molecule has 1 aromatic heterocycles. The summed E-state index contributed by atoms with van der Waals surface area (Å²) in [4.78, 5) is 27.8. The molecule has 3 rings (SSSR count). The van der Waals surface area contributed by atoms with E-state index in [2.05, 4.69) is 0 Å². The van der Waals surface area contributed by atoms with Crippen molar-refractivity contribution in [1.82, 2.24) is 9.80 Å². The second-order valence-electron chi connectivity index (χ2n) is 6.01. The van der Waals surface area contributed by atoms with Gasteiger partial charge in [-0.3, -0.25) is 9.59 Å². The number of hydrogen-bond donors (Lipinski definition) is 0. The zero-order valence-electron chi connectivity index (χ0n) is 14.0.